The Balaban J connectivity index is 1.75. The predicted molar refractivity (Wildman–Crippen MR) is 120 cm³/mol. The molecule has 2 N–H and O–H groups in total. The largest absolute Gasteiger partial charge is 0.478 e. The molecule has 0 unspecified atom stereocenters. The van der Waals surface area contributed by atoms with Crippen LogP contribution < -0.4 is 10.2 Å². The molecule has 1 aromatic heterocycles. The number of aromatic nitrogens is 1. The summed E-state index contributed by atoms with van der Waals surface area (Å²) in [4.78, 5) is 38.0. The number of benzene rings is 2. The number of rotatable bonds is 4. The lowest BCUT2D eigenvalue weighted by molar-refractivity contribution is -0.137. The average molecular weight is 485 g/mol. The summed E-state index contributed by atoms with van der Waals surface area (Å²) in [6.45, 7) is 0. The Bertz CT molecular complexity index is 1380. The van der Waals surface area contributed by atoms with Gasteiger partial charge in [0.2, 0.25) is 0 Å². The van der Waals surface area contributed by atoms with Gasteiger partial charge in [-0.15, -0.1) is 0 Å². The number of carbonyl (C=O) groups is 3. The number of carboxylic acid groups (broad SMARTS) is 1. The number of amides is 2. The lowest BCUT2D eigenvalue weighted by atomic mass is 10.1. The summed E-state index contributed by atoms with van der Waals surface area (Å²) >= 11 is 5.11. The number of nitrogens with zero attached hydrogens (tertiary/aromatic N) is 2. The second-order valence-corrected chi connectivity index (χ2v) is 7.55. The van der Waals surface area contributed by atoms with Gasteiger partial charge in [-0.2, -0.15) is 13.2 Å². The first-order valence-electron chi connectivity index (χ1n) is 9.66. The van der Waals surface area contributed by atoms with Gasteiger partial charge in [0.15, 0.2) is 5.11 Å². The summed E-state index contributed by atoms with van der Waals surface area (Å²) in [5.74, 6) is -2.82. The van der Waals surface area contributed by atoms with Crippen LogP contribution in [0.25, 0.3) is 11.8 Å². The molecule has 3 aromatic rings. The van der Waals surface area contributed by atoms with E-state index in [-0.39, 0.29) is 33.3 Å². The van der Waals surface area contributed by atoms with E-state index in [2.05, 4.69) is 5.32 Å². The number of hydrogen-bond donors (Lipinski definition) is 2. The van der Waals surface area contributed by atoms with Crippen LogP contribution in [0.1, 0.15) is 21.6 Å². The minimum atomic E-state index is -4.54. The molecule has 7 nitrogen and oxygen atoms in total. The standard InChI is InChI=1S/C23H14F3N3O4S/c24-23(25,26)14-5-2-6-15(11-14)28-9-3-8-16(28)12-18-19(30)27-22(34)29(20(18)31)17-7-1-4-13(10-17)21(32)33/h1-12H,(H,32,33)(H,27,30,34). The van der Waals surface area contributed by atoms with Gasteiger partial charge in [-0.3, -0.25) is 19.8 Å². The van der Waals surface area contributed by atoms with E-state index in [9.17, 15) is 32.7 Å². The number of hydrogen-bond acceptors (Lipinski definition) is 4. The molecule has 0 spiro atoms. The maximum atomic E-state index is 13.2. The minimum absolute atomic E-state index is 0.0889. The van der Waals surface area contributed by atoms with Crippen molar-refractivity contribution >= 4 is 46.9 Å². The third-order valence-corrected chi connectivity index (χ3v) is 5.26. The van der Waals surface area contributed by atoms with Gasteiger partial charge in [0, 0.05) is 17.6 Å². The molecule has 1 aliphatic rings. The van der Waals surface area contributed by atoms with Gasteiger partial charge in [0.05, 0.1) is 16.8 Å². The highest BCUT2D eigenvalue weighted by Gasteiger charge is 2.35. The van der Waals surface area contributed by atoms with E-state index in [1.807, 2.05) is 0 Å². The first kappa shape index (κ1) is 22.9. The Morgan fingerprint density at radius 2 is 1.71 bits per heavy atom. The quantitative estimate of drug-likeness (QED) is 0.331. The molecular weight excluding hydrogens is 471 g/mol. The zero-order valence-corrected chi connectivity index (χ0v) is 17.9. The molecule has 1 fully saturated rings. The summed E-state index contributed by atoms with van der Waals surface area (Å²) in [5.41, 5.74) is -0.690. The van der Waals surface area contributed by atoms with Gasteiger partial charge in [-0.05, 0) is 66.8 Å². The third kappa shape index (κ3) is 4.33. The van der Waals surface area contributed by atoms with Crippen LogP contribution in [0.15, 0.2) is 72.4 Å². The first-order chi connectivity index (χ1) is 16.1. The van der Waals surface area contributed by atoms with Crippen molar-refractivity contribution in [2.45, 2.75) is 6.18 Å². The number of anilines is 1. The van der Waals surface area contributed by atoms with Gasteiger partial charge >= 0.3 is 12.1 Å². The first-order valence-corrected chi connectivity index (χ1v) is 10.1. The maximum absolute atomic E-state index is 13.2. The second-order valence-electron chi connectivity index (χ2n) is 7.16. The Morgan fingerprint density at radius 3 is 2.41 bits per heavy atom. The summed E-state index contributed by atoms with van der Waals surface area (Å²) in [7, 11) is 0. The van der Waals surface area contributed by atoms with Crippen molar-refractivity contribution in [3.05, 3.63) is 89.3 Å². The van der Waals surface area contributed by atoms with Gasteiger partial charge in [-0.25, -0.2) is 4.79 Å². The van der Waals surface area contributed by atoms with Crippen LogP contribution in [-0.2, 0) is 15.8 Å². The molecule has 1 saturated heterocycles. The van der Waals surface area contributed by atoms with Gasteiger partial charge in [0.25, 0.3) is 11.8 Å². The topological polar surface area (TPSA) is 91.6 Å². The van der Waals surface area contributed by atoms with Crippen LogP contribution in [0.5, 0.6) is 0 Å². The minimum Gasteiger partial charge on any atom is -0.478 e. The molecule has 172 valence electrons. The monoisotopic (exact) mass is 485 g/mol. The number of aromatic carboxylic acids is 1. The molecule has 4 rings (SSSR count). The van der Waals surface area contributed by atoms with Crippen molar-refractivity contribution in [3.8, 4) is 5.69 Å². The van der Waals surface area contributed by atoms with Crippen molar-refractivity contribution in [1.29, 1.82) is 0 Å². The lowest BCUT2D eigenvalue weighted by Gasteiger charge is -2.29. The van der Waals surface area contributed by atoms with E-state index >= 15 is 0 Å². The van der Waals surface area contributed by atoms with Gasteiger partial charge in [0.1, 0.15) is 5.57 Å². The number of carboxylic acids is 1. The maximum Gasteiger partial charge on any atom is 0.416 e. The van der Waals surface area contributed by atoms with E-state index in [1.54, 1.807) is 6.07 Å². The molecule has 0 bridgehead atoms. The molecular formula is C23H14F3N3O4S. The normalized spacial score (nSPS) is 15.6. The summed E-state index contributed by atoms with van der Waals surface area (Å²) in [5, 5.41) is 11.4. The molecule has 0 atom stereocenters. The Labute approximate surface area is 195 Å². The molecule has 1 aliphatic heterocycles. The van der Waals surface area contributed by atoms with Crippen molar-refractivity contribution in [2.24, 2.45) is 0 Å². The van der Waals surface area contributed by atoms with Crippen molar-refractivity contribution in [2.75, 3.05) is 4.90 Å². The van der Waals surface area contributed by atoms with E-state index in [1.165, 1.54) is 59.3 Å². The van der Waals surface area contributed by atoms with Crippen LogP contribution in [0, 0.1) is 0 Å². The van der Waals surface area contributed by atoms with Gasteiger partial charge < -0.3 is 9.67 Å². The second kappa shape index (κ2) is 8.60. The van der Waals surface area contributed by atoms with Crippen molar-refractivity contribution in [1.82, 2.24) is 9.88 Å². The van der Waals surface area contributed by atoms with Crippen LogP contribution in [0.2, 0.25) is 0 Å². The Kier molecular flexibility index (Phi) is 5.80. The lowest BCUT2D eigenvalue weighted by Crippen LogP contribution is -2.54. The molecule has 0 saturated carbocycles. The number of alkyl halides is 3. The predicted octanol–water partition coefficient (Wildman–Crippen LogP) is 4.03. The molecule has 11 heteroatoms. The fourth-order valence-corrected chi connectivity index (χ4v) is 3.68. The molecule has 0 aliphatic carbocycles. The highest BCUT2D eigenvalue weighted by Crippen LogP contribution is 2.31. The SMILES string of the molecule is O=C1NC(=S)N(c2cccc(C(=O)O)c2)C(=O)C1=Cc1cccn1-c1cccc(C(F)(F)F)c1. The molecule has 2 aromatic carbocycles. The van der Waals surface area contributed by atoms with E-state index in [0.29, 0.717) is 0 Å². The highest BCUT2D eigenvalue weighted by atomic mass is 32.1. The zero-order chi connectivity index (χ0) is 24.6. The van der Waals surface area contributed by atoms with E-state index in [4.69, 9.17) is 12.2 Å². The van der Waals surface area contributed by atoms with Gasteiger partial charge in [-0.1, -0.05) is 12.1 Å². The number of thiocarbonyl (C=S) groups is 1. The fraction of sp³-hybridized carbons (Fsp3) is 0.0435. The third-order valence-electron chi connectivity index (χ3n) is 4.98. The van der Waals surface area contributed by atoms with Crippen molar-refractivity contribution < 1.29 is 32.7 Å². The fourth-order valence-electron chi connectivity index (χ4n) is 3.40. The zero-order valence-electron chi connectivity index (χ0n) is 17.0. The van der Waals surface area contributed by atoms with E-state index in [0.717, 1.165) is 17.0 Å². The number of nitrogens with one attached hydrogen (secondary N) is 1. The summed E-state index contributed by atoms with van der Waals surface area (Å²) in [6, 6.07) is 13.1. The average Bonchev–Trinajstić information content (AvgIpc) is 3.24. The molecule has 2 amide bonds. The number of halogens is 3. The smallest absolute Gasteiger partial charge is 0.416 e. The van der Waals surface area contributed by atoms with Crippen LogP contribution in [0.3, 0.4) is 0 Å². The van der Waals surface area contributed by atoms with E-state index < -0.39 is 29.5 Å². The number of carbonyl (C=O) groups excluding carboxylic acids is 2. The van der Waals surface area contributed by atoms with Crippen molar-refractivity contribution in [3.63, 3.8) is 0 Å². The van der Waals surface area contributed by atoms with Crippen LogP contribution in [0.4, 0.5) is 18.9 Å². The molecule has 0 radical (unpaired) electrons. The Hall–Kier alpha value is -4.25. The summed E-state index contributed by atoms with van der Waals surface area (Å²) in [6.07, 6.45) is -1.82. The molecule has 34 heavy (non-hydrogen) atoms. The Morgan fingerprint density at radius 1 is 1.00 bits per heavy atom. The molecule has 2 heterocycles. The van der Waals surface area contributed by atoms with Crippen LogP contribution >= 0.6 is 12.2 Å². The highest BCUT2D eigenvalue weighted by molar-refractivity contribution is 7.80. The van der Waals surface area contributed by atoms with Crippen LogP contribution in [-0.4, -0.2) is 32.6 Å². The summed E-state index contributed by atoms with van der Waals surface area (Å²) < 4.78 is 40.8.